The quantitative estimate of drug-likeness (QED) is 0.891. The van der Waals surface area contributed by atoms with E-state index in [9.17, 15) is 4.79 Å². The predicted molar refractivity (Wildman–Crippen MR) is 91.5 cm³/mol. The third kappa shape index (κ3) is 3.28. The van der Waals surface area contributed by atoms with Gasteiger partial charge in [0, 0.05) is 19.0 Å². The van der Waals surface area contributed by atoms with Gasteiger partial charge in [-0.25, -0.2) is 14.5 Å². The molecule has 1 aliphatic heterocycles. The molecule has 3 aliphatic rings. The van der Waals surface area contributed by atoms with Crippen LogP contribution in [-0.2, 0) is 13.0 Å². The molecule has 24 heavy (non-hydrogen) atoms. The first kappa shape index (κ1) is 15.9. The third-order valence-corrected chi connectivity index (χ3v) is 5.95. The number of carbonyl (C=O) groups is 1. The summed E-state index contributed by atoms with van der Waals surface area (Å²) in [6.07, 6.45) is 10.8. The lowest BCUT2D eigenvalue weighted by atomic mass is 9.85. The molecule has 2 N–H and O–H groups in total. The Balaban J connectivity index is 1.30. The summed E-state index contributed by atoms with van der Waals surface area (Å²) in [5, 5.41) is 10.8. The van der Waals surface area contributed by atoms with Gasteiger partial charge in [-0.05, 0) is 31.1 Å². The van der Waals surface area contributed by atoms with Crippen molar-refractivity contribution < 1.29 is 4.79 Å². The fraction of sp³-hybridized carbons (Fsp3) is 0.833. The van der Waals surface area contributed by atoms with Crippen LogP contribution in [0.4, 0.5) is 4.79 Å². The van der Waals surface area contributed by atoms with Gasteiger partial charge in [0.25, 0.3) is 0 Å². The Morgan fingerprint density at radius 3 is 2.79 bits per heavy atom. The lowest BCUT2D eigenvalue weighted by Crippen LogP contribution is -2.41. The highest BCUT2D eigenvalue weighted by Gasteiger charge is 2.44. The zero-order chi connectivity index (χ0) is 16.5. The van der Waals surface area contributed by atoms with E-state index in [1.165, 1.54) is 38.5 Å². The number of aromatic nitrogens is 3. The lowest BCUT2D eigenvalue weighted by molar-refractivity contribution is 0.230. The number of nitrogens with zero attached hydrogens (tertiary/aromatic N) is 3. The summed E-state index contributed by atoms with van der Waals surface area (Å²) < 4.78 is 1.97. The van der Waals surface area contributed by atoms with Gasteiger partial charge < -0.3 is 10.6 Å². The summed E-state index contributed by atoms with van der Waals surface area (Å²) in [5.41, 5.74) is 0. The monoisotopic (exact) mass is 331 g/mol. The smallest absolute Gasteiger partial charge is 0.315 e. The van der Waals surface area contributed by atoms with Crippen LogP contribution in [-0.4, -0.2) is 26.8 Å². The zero-order valence-corrected chi connectivity index (χ0v) is 14.6. The Morgan fingerprint density at radius 2 is 2.00 bits per heavy atom. The summed E-state index contributed by atoms with van der Waals surface area (Å²) in [4.78, 5) is 17.0. The van der Waals surface area contributed by atoms with Gasteiger partial charge in [0.05, 0.1) is 6.04 Å². The highest BCUT2D eigenvalue weighted by molar-refractivity contribution is 5.75. The number of urea groups is 1. The molecule has 0 radical (unpaired) electrons. The number of hydrogen-bond donors (Lipinski definition) is 2. The molecule has 2 saturated carbocycles. The van der Waals surface area contributed by atoms with E-state index in [4.69, 9.17) is 0 Å². The van der Waals surface area contributed by atoms with Crippen LogP contribution in [0.25, 0.3) is 0 Å². The van der Waals surface area contributed by atoms with Gasteiger partial charge >= 0.3 is 6.03 Å². The maximum atomic E-state index is 12.4. The molecule has 4 rings (SSSR count). The van der Waals surface area contributed by atoms with E-state index in [1.807, 2.05) is 4.68 Å². The molecule has 1 aromatic heterocycles. The lowest BCUT2D eigenvalue weighted by Gasteiger charge is -2.24. The van der Waals surface area contributed by atoms with Gasteiger partial charge in [-0.15, -0.1) is 0 Å². The molecule has 0 spiro atoms. The van der Waals surface area contributed by atoms with Gasteiger partial charge in [-0.2, -0.15) is 5.10 Å². The first-order valence-corrected chi connectivity index (χ1v) is 9.75. The Labute approximate surface area is 143 Å². The molecule has 2 amide bonds. The van der Waals surface area contributed by atoms with Crippen molar-refractivity contribution in [2.75, 3.05) is 0 Å². The molecule has 2 heterocycles. The second-order valence-electron chi connectivity index (χ2n) is 7.68. The largest absolute Gasteiger partial charge is 0.335 e. The number of rotatable bonds is 4. The van der Waals surface area contributed by atoms with Crippen molar-refractivity contribution >= 4 is 6.03 Å². The van der Waals surface area contributed by atoms with Crippen molar-refractivity contribution in [3.8, 4) is 0 Å². The van der Waals surface area contributed by atoms with E-state index in [0.717, 1.165) is 49.3 Å². The molecular weight excluding hydrogens is 302 g/mol. The van der Waals surface area contributed by atoms with E-state index in [0.29, 0.717) is 6.04 Å². The third-order valence-electron chi connectivity index (χ3n) is 5.95. The number of aryl methyl sites for hydroxylation is 2. The molecule has 1 aromatic rings. The molecule has 0 bridgehead atoms. The molecule has 6 heteroatoms. The van der Waals surface area contributed by atoms with Crippen molar-refractivity contribution in [1.82, 2.24) is 25.4 Å². The minimum atomic E-state index is -0.0298. The van der Waals surface area contributed by atoms with E-state index in [2.05, 4.69) is 27.6 Å². The van der Waals surface area contributed by atoms with Crippen molar-refractivity contribution in [2.45, 2.75) is 83.3 Å². The number of nitrogens with one attached hydrogen (secondary N) is 2. The minimum absolute atomic E-state index is 0.00145. The van der Waals surface area contributed by atoms with Crippen LogP contribution in [0.1, 0.15) is 76.0 Å². The maximum absolute atomic E-state index is 12.4. The number of fused-ring (bicyclic) bond motifs is 1. The zero-order valence-electron chi connectivity index (χ0n) is 14.6. The Hall–Kier alpha value is -1.59. The van der Waals surface area contributed by atoms with Crippen LogP contribution in [0, 0.1) is 11.8 Å². The fourth-order valence-corrected chi connectivity index (χ4v) is 4.52. The number of amides is 2. The van der Waals surface area contributed by atoms with Crippen LogP contribution >= 0.6 is 0 Å². The average molecular weight is 331 g/mol. The van der Waals surface area contributed by atoms with Crippen molar-refractivity contribution in [3.63, 3.8) is 0 Å². The molecule has 132 valence electrons. The molecule has 0 saturated heterocycles. The fourth-order valence-electron chi connectivity index (χ4n) is 4.52. The van der Waals surface area contributed by atoms with Crippen LogP contribution < -0.4 is 10.6 Å². The summed E-state index contributed by atoms with van der Waals surface area (Å²) in [6.45, 7) is 2.98. The standard InChI is InChI=1S/C18H29N5O/c1-2-16-21-17-14(9-6-10-23(17)22-16)19-18(24)20-15-11-13(15)12-7-4-3-5-8-12/h12-15H,2-11H2,1H3,(H2,19,20,24)/t13-,14-,15+/m0/s1. The van der Waals surface area contributed by atoms with Gasteiger partial charge in [-0.1, -0.05) is 39.0 Å². The van der Waals surface area contributed by atoms with Crippen LogP contribution in [0.3, 0.4) is 0 Å². The van der Waals surface area contributed by atoms with Crippen molar-refractivity contribution in [3.05, 3.63) is 11.6 Å². The topological polar surface area (TPSA) is 71.8 Å². The minimum Gasteiger partial charge on any atom is -0.335 e. The average Bonchev–Trinajstić information content (AvgIpc) is 3.22. The predicted octanol–water partition coefficient (Wildman–Crippen LogP) is 2.94. The summed E-state index contributed by atoms with van der Waals surface area (Å²) >= 11 is 0. The van der Waals surface area contributed by atoms with Crippen LogP contribution in [0.5, 0.6) is 0 Å². The highest BCUT2D eigenvalue weighted by Crippen LogP contribution is 2.44. The Kier molecular flexibility index (Phi) is 4.46. The maximum Gasteiger partial charge on any atom is 0.315 e. The van der Waals surface area contributed by atoms with Gasteiger partial charge in [0.2, 0.25) is 0 Å². The molecule has 0 aromatic carbocycles. The first-order chi connectivity index (χ1) is 11.7. The SMILES string of the molecule is CCc1nc2n(n1)CCC[C@@H]2NC(=O)N[C@@H]1C[C@H]1C1CCCCC1. The van der Waals surface area contributed by atoms with E-state index in [-0.39, 0.29) is 12.1 Å². The molecule has 2 fully saturated rings. The van der Waals surface area contributed by atoms with Crippen molar-refractivity contribution in [2.24, 2.45) is 11.8 Å². The number of hydrogen-bond acceptors (Lipinski definition) is 3. The highest BCUT2D eigenvalue weighted by atomic mass is 16.2. The number of carbonyl (C=O) groups excluding carboxylic acids is 1. The first-order valence-electron chi connectivity index (χ1n) is 9.75. The molecule has 0 unspecified atom stereocenters. The Bertz CT molecular complexity index is 592. The molecule has 3 atom stereocenters. The van der Waals surface area contributed by atoms with Crippen molar-refractivity contribution in [1.29, 1.82) is 0 Å². The Morgan fingerprint density at radius 1 is 1.17 bits per heavy atom. The molecular formula is C18H29N5O. The second kappa shape index (κ2) is 6.73. The van der Waals surface area contributed by atoms with Gasteiger partial charge in [-0.3, -0.25) is 0 Å². The van der Waals surface area contributed by atoms with Gasteiger partial charge in [0.15, 0.2) is 5.82 Å². The van der Waals surface area contributed by atoms with Gasteiger partial charge in [0.1, 0.15) is 5.82 Å². The van der Waals surface area contributed by atoms with E-state index in [1.54, 1.807) is 0 Å². The second-order valence-corrected chi connectivity index (χ2v) is 7.68. The van der Waals surface area contributed by atoms with Crippen LogP contribution in [0.2, 0.25) is 0 Å². The van der Waals surface area contributed by atoms with E-state index < -0.39 is 0 Å². The summed E-state index contributed by atoms with van der Waals surface area (Å²) in [5.74, 6) is 3.36. The normalized spacial score (nSPS) is 29.8. The summed E-state index contributed by atoms with van der Waals surface area (Å²) in [7, 11) is 0. The van der Waals surface area contributed by atoms with E-state index >= 15 is 0 Å². The molecule has 6 nitrogen and oxygen atoms in total. The van der Waals surface area contributed by atoms with Crippen LogP contribution in [0.15, 0.2) is 0 Å². The molecule has 2 aliphatic carbocycles. The summed E-state index contributed by atoms with van der Waals surface area (Å²) in [6, 6.07) is 0.358.